The minimum atomic E-state index is -0.304. The van der Waals surface area contributed by atoms with E-state index >= 15 is 0 Å². The Kier molecular flexibility index (Phi) is 7.57. The van der Waals surface area contributed by atoms with Crippen LogP contribution in [0.2, 0.25) is 0 Å². The number of aryl methyl sites for hydroxylation is 3. The maximum absolute atomic E-state index is 12.1. The largest absolute Gasteiger partial charge is 0.348 e. The number of hydrogen-bond acceptors (Lipinski definition) is 4. The third-order valence-corrected chi connectivity index (χ3v) is 3.71. The van der Waals surface area contributed by atoms with Crippen molar-refractivity contribution in [3.05, 3.63) is 28.8 Å². The van der Waals surface area contributed by atoms with Crippen molar-refractivity contribution in [1.82, 2.24) is 15.1 Å². The van der Waals surface area contributed by atoms with Gasteiger partial charge in [0, 0.05) is 19.8 Å². The number of nitrogens with one attached hydrogen (secondary N) is 2. The van der Waals surface area contributed by atoms with Crippen LogP contribution >= 0.6 is 0 Å². The van der Waals surface area contributed by atoms with Crippen LogP contribution in [0.1, 0.15) is 16.7 Å². The van der Waals surface area contributed by atoms with Crippen molar-refractivity contribution >= 4 is 23.4 Å². The van der Waals surface area contributed by atoms with Gasteiger partial charge in [-0.25, -0.2) is 0 Å². The van der Waals surface area contributed by atoms with E-state index in [4.69, 9.17) is 0 Å². The molecular formula is C18H28N4O3. The third kappa shape index (κ3) is 6.93. The monoisotopic (exact) mass is 348 g/mol. The van der Waals surface area contributed by atoms with Crippen LogP contribution in [0.4, 0.5) is 5.69 Å². The molecule has 0 aromatic heterocycles. The molecule has 0 unspecified atom stereocenters. The van der Waals surface area contributed by atoms with Crippen LogP contribution in [0.5, 0.6) is 0 Å². The average molecular weight is 348 g/mol. The molecule has 0 heterocycles. The molecule has 0 aliphatic rings. The fourth-order valence-corrected chi connectivity index (χ4v) is 2.47. The normalized spacial score (nSPS) is 10.5. The maximum Gasteiger partial charge on any atom is 0.243 e. The first-order valence-corrected chi connectivity index (χ1v) is 8.13. The van der Waals surface area contributed by atoms with Gasteiger partial charge in [0.2, 0.25) is 17.7 Å². The summed E-state index contributed by atoms with van der Waals surface area (Å²) >= 11 is 0. The van der Waals surface area contributed by atoms with Crippen molar-refractivity contribution in [3.63, 3.8) is 0 Å². The fraction of sp³-hybridized carbons (Fsp3) is 0.500. The van der Waals surface area contributed by atoms with E-state index in [0.717, 1.165) is 22.4 Å². The molecule has 3 amide bonds. The van der Waals surface area contributed by atoms with Crippen molar-refractivity contribution in [3.8, 4) is 0 Å². The number of anilines is 1. The number of nitrogens with zero attached hydrogens (tertiary/aromatic N) is 2. The highest BCUT2D eigenvalue weighted by Gasteiger charge is 2.13. The number of hydrogen-bond donors (Lipinski definition) is 2. The minimum Gasteiger partial charge on any atom is -0.348 e. The van der Waals surface area contributed by atoms with Crippen molar-refractivity contribution in [2.24, 2.45) is 0 Å². The molecule has 0 fully saturated rings. The fourth-order valence-electron chi connectivity index (χ4n) is 2.47. The highest BCUT2D eigenvalue weighted by Crippen LogP contribution is 2.21. The molecule has 138 valence electrons. The first-order valence-electron chi connectivity index (χ1n) is 8.13. The molecule has 7 heteroatoms. The zero-order valence-electron chi connectivity index (χ0n) is 15.9. The van der Waals surface area contributed by atoms with Gasteiger partial charge in [-0.2, -0.15) is 0 Å². The minimum absolute atomic E-state index is 0.0510. The predicted octanol–water partition coefficient (Wildman–Crippen LogP) is 0.687. The highest BCUT2D eigenvalue weighted by molar-refractivity contribution is 5.96. The Bertz CT molecular complexity index is 633. The number of likely N-dealkylation sites (N-methyl/N-ethyl adjacent to an activating group) is 2. The second-order valence-electron chi connectivity index (χ2n) is 6.56. The van der Waals surface area contributed by atoms with E-state index < -0.39 is 0 Å². The Labute approximate surface area is 149 Å². The molecule has 0 aliphatic carbocycles. The van der Waals surface area contributed by atoms with Gasteiger partial charge in [0.15, 0.2) is 0 Å². The molecule has 0 saturated carbocycles. The molecule has 0 aliphatic heterocycles. The van der Waals surface area contributed by atoms with Gasteiger partial charge in [0.05, 0.1) is 19.6 Å². The average Bonchev–Trinajstić information content (AvgIpc) is 2.48. The summed E-state index contributed by atoms with van der Waals surface area (Å²) in [6.45, 7) is 5.96. The molecule has 1 aromatic rings. The van der Waals surface area contributed by atoms with Crippen molar-refractivity contribution in [2.75, 3.05) is 46.1 Å². The first-order chi connectivity index (χ1) is 11.6. The lowest BCUT2D eigenvalue weighted by Crippen LogP contribution is -2.42. The van der Waals surface area contributed by atoms with Crippen LogP contribution in [0.25, 0.3) is 0 Å². The van der Waals surface area contributed by atoms with Gasteiger partial charge in [0.1, 0.15) is 0 Å². The van der Waals surface area contributed by atoms with E-state index in [0.29, 0.717) is 0 Å². The summed E-state index contributed by atoms with van der Waals surface area (Å²) in [5, 5.41) is 5.40. The molecule has 1 aromatic carbocycles. The third-order valence-electron chi connectivity index (χ3n) is 3.71. The zero-order valence-corrected chi connectivity index (χ0v) is 15.9. The Balaban J connectivity index is 2.46. The molecule has 0 bridgehead atoms. The molecule has 0 radical (unpaired) electrons. The van der Waals surface area contributed by atoms with Gasteiger partial charge in [-0.15, -0.1) is 0 Å². The summed E-state index contributed by atoms with van der Waals surface area (Å²) in [5.74, 6) is -0.671. The molecule has 1 rings (SSSR count). The summed E-state index contributed by atoms with van der Waals surface area (Å²) in [4.78, 5) is 38.6. The molecule has 0 atom stereocenters. The maximum atomic E-state index is 12.1. The number of carbonyl (C=O) groups is 3. The van der Waals surface area contributed by atoms with Crippen molar-refractivity contribution < 1.29 is 14.4 Å². The Morgan fingerprint density at radius 1 is 0.920 bits per heavy atom. The van der Waals surface area contributed by atoms with Crippen molar-refractivity contribution in [1.29, 1.82) is 0 Å². The zero-order chi connectivity index (χ0) is 19.1. The van der Waals surface area contributed by atoms with Crippen LogP contribution in [-0.4, -0.2) is 68.3 Å². The van der Waals surface area contributed by atoms with E-state index in [1.165, 1.54) is 4.90 Å². The van der Waals surface area contributed by atoms with Crippen LogP contribution < -0.4 is 10.6 Å². The van der Waals surface area contributed by atoms with Crippen LogP contribution in [-0.2, 0) is 14.4 Å². The molecule has 25 heavy (non-hydrogen) atoms. The number of amides is 3. The van der Waals surface area contributed by atoms with E-state index in [1.807, 2.05) is 32.9 Å². The van der Waals surface area contributed by atoms with Crippen LogP contribution in [0, 0.1) is 20.8 Å². The number of carbonyl (C=O) groups excluding carboxylic acids is 3. The summed E-state index contributed by atoms with van der Waals surface area (Å²) in [5.41, 5.74) is 3.88. The molecule has 0 spiro atoms. The van der Waals surface area contributed by atoms with E-state index in [1.54, 1.807) is 26.0 Å². The van der Waals surface area contributed by atoms with Gasteiger partial charge in [-0.3, -0.25) is 19.3 Å². The lowest BCUT2D eigenvalue weighted by Gasteiger charge is -2.18. The molecule has 0 saturated heterocycles. The Morgan fingerprint density at radius 2 is 1.48 bits per heavy atom. The second-order valence-corrected chi connectivity index (χ2v) is 6.56. The van der Waals surface area contributed by atoms with Gasteiger partial charge in [0.25, 0.3) is 0 Å². The summed E-state index contributed by atoms with van der Waals surface area (Å²) in [6.07, 6.45) is 0. The quantitative estimate of drug-likeness (QED) is 0.759. The smallest absolute Gasteiger partial charge is 0.243 e. The summed E-state index contributed by atoms with van der Waals surface area (Å²) in [7, 11) is 5.01. The SMILES string of the molecule is Cc1cc(C)c(NC(=O)CNC(=O)CN(C)CC(=O)N(C)C)c(C)c1. The van der Waals surface area contributed by atoms with Crippen molar-refractivity contribution in [2.45, 2.75) is 20.8 Å². The van der Waals surface area contributed by atoms with Crippen LogP contribution in [0.15, 0.2) is 12.1 Å². The van der Waals surface area contributed by atoms with Crippen LogP contribution in [0.3, 0.4) is 0 Å². The lowest BCUT2D eigenvalue weighted by molar-refractivity contribution is -0.130. The lowest BCUT2D eigenvalue weighted by atomic mass is 10.1. The predicted molar refractivity (Wildman–Crippen MR) is 98.5 cm³/mol. The standard InChI is InChI=1S/C18H28N4O3/c1-12-7-13(2)18(14(3)8-12)20-15(23)9-19-16(24)10-22(6)11-17(25)21(4)5/h7-8H,9-11H2,1-6H3,(H,19,24)(H,20,23). The summed E-state index contributed by atoms with van der Waals surface area (Å²) < 4.78 is 0. The van der Waals surface area contributed by atoms with E-state index in [2.05, 4.69) is 10.6 Å². The van der Waals surface area contributed by atoms with Gasteiger partial charge < -0.3 is 15.5 Å². The van der Waals surface area contributed by atoms with Gasteiger partial charge >= 0.3 is 0 Å². The van der Waals surface area contributed by atoms with Gasteiger partial charge in [-0.05, 0) is 38.9 Å². The summed E-state index contributed by atoms with van der Waals surface area (Å²) in [6, 6.07) is 4.00. The Morgan fingerprint density at radius 3 is 2.00 bits per heavy atom. The highest BCUT2D eigenvalue weighted by atomic mass is 16.2. The molecule has 2 N–H and O–H groups in total. The van der Waals surface area contributed by atoms with Gasteiger partial charge in [-0.1, -0.05) is 17.7 Å². The molecular weight excluding hydrogens is 320 g/mol. The Hall–Kier alpha value is -2.41. The molecule has 7 nitrogen and oxygen atoms in total. The number of rotatable bonds is 7. The topological polar surface area (TPSA) is 81.8 Å². The number of benzene rings is 1. The van der Waals surface area contributed by atoms with E-state index in [9.17, 15) is 14.4 Å². The second kappa shape index (κ2) is 9.17. The van der Waals surface area contributed by atoms with E-state index in [-0.39, 0.29) is 37.4 Å². The first kappa shape index (κ1) is 20.6.